The van der Waals surface area contributed by atoms with Crippen LogP contribution in [0, 0.1) is 5.92 Å². The van der Waals surface area contributed by atoms with Crippen molar-refractivity contribution in [2.75, 3.05) is 13.7 Å². The molecule has 1 saturated carbocycles. The van der Waals surface area contributed by atoms with Crippen molar-refractivity contribution in [1.82, 2.24) is 20.2 Å². The van der Waals surface area contributed by atoms with Crippen LogP contribution in [0.15, 0.2) is 12.5 Å². The van der Waals surface area contributed by atoms with Crippen LogP contribution in [-0.4, -0.2) is 58.5 Å². The molecular formula is C21H36N4O3. The van der Waals surface area contributed by atoms with Crippen molar-refractivity contribution in [3.63, 3.8) is 0 Å². The Bertz CT molecular complexity index is 595. The smallest absolute Gasteiger partial charge is 0.245 e. The van der Waals surface area contributed by atoms with Crippen LogP contribution in [0.3, 0.4) is 0 Å². The monoisotopic (exact) mass is 392 g/mol. The van der Waals surface area contributed by atoms with Crippen LogP contribution in [0.4, 0.5) is 0 Å². The fraction of sp³-hybridized carbons (Fsp3) is 0.762. The van der Waals surface area contributed by atoms with Crippen molar-refractivity contribution < 1.29 is 14.3 Å². The van der Waals surface area contributed by atoms with Gasteiger partial charge in [0.25, 0.3) is 0 Å². The number of amides is 2. The van der Waals surface area contributed by atoms with E-state index in [0.717, 1.165) is 25.1 Å². The Morgan fingerprint density at radius 3 is 2.64 bits per heavy atom. The number of aromatic nitrogens is 2. The molecule has 1 aliphatic heterocycles. The highest BCUT2D eigenvalue weighted by atomic mass is 16.5. The summed E-state index contributed by atoms with van der Waals surface area (Å²) in [7, 11) is 1.71. The highest BCUT2D eigenvalue weighted by Crippen LogP contribution is 2.35. The first-order chi connectivity index (χ1) is 13.4. The first-order valence-electron chi connectivity index (χ1n) is 10.4. The summed E-state index contributed by atoms with van der Waals surface area (Å²) < 4.78 is 4.94. The Morgan fingerprint density at radius 2 is 2.04 bits per heavy atom. The fourth-order valence-electron chi connectivity index (χ4n) is 4.01. The number of ether oxygens (including phenoxy) is 1. The van der Waals surface area contributed by atoms with Gasteiger partial charge in [0.15, 0.2) is 0 Å². The minimum Gasteiger partial charge on any atom is -0.379 e. The van der Waals surface area contributed by atoms with Gasteiger partial charge in [0, 0.05) is 38.0 Å². The van der Waals surface area contributed by atoms with Crippen LogP contribution in [-0.2, 0) is 20.7 Å². The lowest BCUT2D eigenvalue weighted by Crippen LogP contribution is -2.56. The number of piperidine rings is 1. The Labute approximate surface area is 168 Å². The van der Waals surface area contributed by atoms with Crippen molar-refractivity contribution in [3.05, 3.63) is 18.2 Å². The van der Waals surface area contributed by atoms with Crippen LogP contribution in [0.5, 0.6) is 0 Å². The number of nitrogens with one attached hydrogen (secondary N) is 2. The molecule has 0 spiro atoms. The summed E-state index contributed by atoms with van der Waals surface area (Å²) in [6.07, 6.45) is 11.5. The fourth-order valence-corrected chi connectivity index (χ4v) is 4.01. The second-order valence-corrected chi connectivity index (χ2v) is 8.72. The van der Waals surface area contributed by atoms with E-state index in [4.69, 9.17) is 4.74 Å². The third-order valence-electron chi connectivity index (χ3n) is 5.68. The molecule has 158 valence electrons. The Kier molecular flexibility index (Phi) is 8.48. The molecule has 0 bridgehead atoms. The number of carbonyl (C=O) groups excluding carboxylic acids is 2. The minimum atomic E-state index is -0.501. The van der Waals surface area contributed by atoms with Crippen LogP contribution in [0.1, 0.15) is 65.0 Å². The van der Waals surface area contributed by atoms with Gasteiger partial charge in [-0.25, -0.2) is 4.98 Å². The highest BCUT2D eigenvalue weighted by Gasteiger charge is 2.38. The summed E-state index contributed by atoms with van der Waals surface area (Å²) in [5.41, 5.74) is 0.907. The van der Waals surface area contributed by atoms with Gasteiger partial charge in [0.05, 0.1) is 11.9 Å². The SMILES string of the molecule is COC(C)(C)C.O=CNC(Cc1cnc[nH]1)C(=O)N1CCCC2CCCC[C@@H]21. The van der Waals surface area contributed by atoms with E-state index in [0.29, 0.717) is 24.8 Å². The van der Waals surface area contributed by atoms with Crippen molar-refractivity contribution in [1.29, 1.82) is 0 Å². The number of methoxy groups -OCH3 is 1. The van der Waals surface area contributed by atoms with Crippen molar-refractivity contribution >= 4 is 12.3 Å². The van der Waals surface area contributed by atoms with Gasteiger partial charge in [-0.05, 0) is 52.4 Å². The molecule has 2 aliphatic rings. The van der Waals surface area contributed by atoms with E-state index in [1.807, 2.05) is 25.7 Å². The van der Waals surface area contributed by atoms with Crippen molar-refractivity contribution in [2.45, 2.75) is 83.4 Å². The molecule has 2 unspecified atom stereocenters. The number of imidazole rings is 1. The standard InChI is InChI=1S/C16H24N4O2.C5H12O/c21-11-19-14(8-13-9-17-10-18-13)16(22)20-7-3-5-12-4-1-2-6-15(12)20;1-5(2,3)6-4/h9-12,14-15H,1-8H2,(H,17,18)(H,19,21);1-4H3/t12?,14?,15-;/m0./s1. The van der Waals surface area contributed by atoms with E-state index in [1.165, 1.54) is 25.7 Å². The normalized spacial score (nSPS) is 23.1. The van der Waals surface area contributed by atoms with Crippen LogP contribution in [0.25, 0.3) is 0 Å². The van der Waals surface area contributed by atoms with Crippen molar-refractivity contribution in [3.8, 4) is 0 Å². The first kappa shape index (κ1) is 22.4. The maximum Gasteiger partial charge on any atom is 0.245 e. The molecule has 0 radical (unpaired) electrons. The zero-order valence-corrected chi connectivity index (χ0v) is 17.7. The molecule has 28 heavy (non-hydrogen) atoms. The maximum atomic E-state index is 12.9. The number of hydrogen-bond donors (Lipinski definition) is 2. The number of nitrogens with zero attached hydrogens (tertiary/aromatic N) is 2. The molecule has 1 aromatic rings. The Balaban J connectivity index is 0.000000409. The average Bonchev–Trinajstić information content (AvgIpc) is 3.20. The highest BCUT2D eigenvalue weighted by molar-refractivity contribution is 5.84. The van der Waals surface area contributed by atoms with Gasteiger partial charge in [0.1, 0.15) is 6.04 Å². The van der Waals surface area contributed by atoms with E-state index in [2.05, 4.69) is 15.3 Å². The summed E-state index contributed by atoms with van der Waals surface area (Å²) >= 11 is 0. The lowest BCUT2D eigenvalue weighted by Gasteiger charge is -2.45. The molecule has 1 aliphatic carbocycles. The first-order valence-corrected chi connectivity index (χ1v) is 10.4. The molecule has 7 heteroatoms. The largest absolute Gasteiger partial charge is 0.379 e. The maximum absolute atomic E-state index is 12.9. The van der Waals surface area contributed by atoms with Gasteiger partial charge >= 0.3 is 0 Å². The molecule has 1 saturated heterocycles. The lowest BCUT2D eigenvalue weighted by atomic mass is 9.78. The quantitative estimate of drug-likeness (QED) is 0.754. The Morgan fingerprint density at radius 1 is 1.36 bits per heavy atom. The third kappa shape index (κ3) is 6.62. The summed E-state index contributed by atoms with van der Waals surface area (Å²) in [5, 5.41) is 2.69. The van der Waals surface area contributed by atoms with E-state index in [1.54, 1.807) is 19.6 Å². The summed E-state index contributed by atoms with van der Waals surface area (Å²) in [4.78, 5) is 32.9. The zero-order chi connectivity index (χ0) is 20.6. The molecule has 2 amide bonds. The average molecular weight is 393 g/mol. The molecular weight excluding hydrogens is 356 g/mol. The van der Waals surface area contributed by atoms with E-state index in [-0.39, 0.29) is 11.5 Å². The van der Waals surface area contributed by atoms with Gasteiger partial charge < -0.3 is 19.9 Å². The number of H-pyrrole nitrogens is 1. The minimum absolute atomic E-state index is 0.0417. The number of aromatic amines is 1. The predicted octanol–water partition coefficient (Wildman–Crippen LogP) is 2.68. The van der Waals surface area contributed by atoms with Gasteiger partial charge in [-0.2, -0.15) is 0 Å². The van der Waals surface area contributed by atoms with Gasteiger partial charge in [-0.3, -0.25) is 9.59 Å². The molecule has 2 heterocycles. The second kappa shape index (κ2) is 10.6. The predicted molar refractivity (Wildman–Crippen MR) is 109 cm³/mol. The Hall–Kier alpha value is -1.89. The van der Waals surface area contributed by atoms with Crippen LogP contribution >= 0.6 is 0 Å². The molecule has 7 nitrogen and oxygen atoms in total. The third-order valence-corrected chi connectivity index (χ3v) is 5.68. The molecule has 1 aromatic heterocycles. The molecule has 2 N–H and O–H groups in total. The van der Waals surface area contributed by atoms with Gasteiger partial charge in [-0.1, -0.05) is 12.8 Å². The summed E-state index contributed by atoms with van der Waals surface area (Å²) in [5.74, 6) is 0.703. The topological polar surface area (TPSA) is 87.3 Å². The molecule has 2 fully saturated rings. The molecule has 0 aromatic carbocycles. The van der Waals surface area contributed by atoms with E-state index < -0.39 is 6.04 Å². The van der Waals surface area contributed by atoms with Gasteiger partial charge in [-0.15, -0.1) is 0 Å². The zero-order valence-electron chi connectivity index (χ0n) is 17.7. The van der Waals surface area contributed by atoms with E-state index >= 15 is 0 Å². The number of likely N-dealkylation sites (tertiary alicyclic amines) is 1. The summed E-state index contributed by atoms with van der Waals surface area (Å²) in [6, 6.07) is -0.133. The second-order valence-electron chi connectivity index (χ2n) is 8.72. The van der Waals surface area contributed by atoms with Crippen LogP contribution < -0.4 is 5.32 Å². The number of carbonyl (C=O) groups is 2. The van der Waals surface area contributed by atoms with E-state index in [9.17, 15) is 9.59 Å². The van der Waals surface area contributed by atoms with Gasteiger partial charge in [0.2, 0.25) is 12.3 Å². The lowest BCUT2D eigenvalue weighted by molar-refractivity contribution is -0.140. The van der Waals surface area contributed by atoms with Crippen LogP contribution in [0.2, 0.25) is 0 Å². The molecule has 3 rings (SSSR count). The van der Waals surface area contributed by atoms with Crippen molar-refractivity contribution in [2.24, 2.45) is 5.92 Å². The summed E-state index contributed by atoms with van der Waals surface area (Å²) in [6.45, 7) is 6.88. The number of rotatable bonds is 5. The molecule has 3 atom stereocenters. The number of fused-ring (bicyclic) bond motifs is 1. The number of hydrogen-bond acceptors (Lipinski definition) is 4.